The van der Waals surface area contributed by atoms with Crippen LogP contribution in [-0.2, 0) is 22.7 Å². The number of likely N-dealkylation sites (tertiary alicyclic amines) is 1. The lowest BCUT2D eigenvalue weighted by Gasteiger charge is -2.17. The van der Waals surface area contributed by atoms with Crippen LogP contribution in [-0.4, -0.2) is 33.0 Å². The number of carbonyl (C=O) groups is 2. The summed E-state index contributed by atoms with van der Waals surface area (Å²) in [7, 11) is 0. The van der Waals surface area contributed by atoms with Crippen LogP contribution < -0.4 is 5.32 Å². The van der Waals surface area contributed by atoms with Crippen molar-refractivity contribution in [2.24, 2.45) is 5.92 Å². The monoisotopic (exact) mass is 392 g/mol. The van der Waals surface area contributed by atoms with Crippen LogP contribution in [0.5, 0.6) is 0 Å². The van der Waals surface area contributed by atoms with Crippen LogP contribution >= 0.6 is 0 Å². The highest BCUT2D eigenvalue weighted by molar-refractivity contribution is 5.97. The van der Waals surface area contributed by atoms with Crippen molar-refractivity contribution in [2.75, 3.05) is 11.9 Å². The molecule has 4 rings (SSSR count). The molecule has 0 bridgehead atoms. The predicted octanol–water partition coefficient (Wildman–Crippen LogP) is 3.06. The fraction of sp³-hybridized carbons (Fsp3) is 0.227. The van der Waals surface area contributed by atoms with E-state index in [9.17, 15) is 14.0 Å². The number of anilines is 1. The number of aromatic nitrogens is 2. The molecule has 1 aromatic heterocycles. The first-order valence-electron chi connectivity index (χ1n) is 9.46. The van der Waals surface area contributed by atoms with Crippen LogP contribution in [0.4, 0.5) is 10.1 Å². The lowest BCUT2D eigenvalue weighted by atomic mass is 10.1. The van der Waals surface area contributed by atoms with Gasteiger partial charge in [0.2, 0.25) is 11.8 Å². The number of rotatable bonds is 6. The van der Waals surface area contributed by atoms with Gasteiger partial charge in [-0.05, 0) is 41.5 Å². The number of carbonyl (C=O) groups excluding carboxylic acids is 2. The Kier molecular flexibility index (Phi) is 5.37. The zero-order valence-corrected chi connectivity index (χ0v) is 15.8. The average molecular weight is 392 g/mol. The van der Waals surface area contributed by atoms with E-state index in [0.29, 0.717) is 30.9 Å². The maximum absolute atomic E-state index is 13.4. The molecule has 1 aliphatic rings. The van der Waals surface area contributed by atoms with E-state index >= 15 is 0 Å². The minimum atomic E-state index is -0.425. The Labute approximate surface area is 167 Å². The van der Waals surface area contributed by atoms with Gasteiger partial charge in [-0.15, -0.1) is 0 Å². The molecule has 29 heavy (non-hydrogen) atoms. The van der Waals surface area contributed by atoms with E-state index in [0.717, 1.165) is 5.56 Å². The normalized spacial score (nSPS) is 16.2. The highest BCUT2D eigenvalue weighted by atomic mass is 19.1. The number of halogens is 1. The van der Waals surface area contributed by atoms with Crippen LogP contribution in [0.25, 0.3) is 0 Å². The molecular weight excluding hydrogens is 371 g/mol. The Morgan fingerprint density at radius 2 is 1.90 bits per heavy atom. The van der Waals surface area contributed by atoms with E-state index in [1.807, 2.05) is 36.5 Å². The zero-order chi connectivity index (χ0) is 20.2. The third-order valence-corrected chi connectivity index (χ3v) is 4.95. The Balaban J connectivity index is 1.37. The molecule has 3 aromatic rings. The van der Waals surface area contributed by atoms with Gasteiger partial charge in [0.15, 0.2) is 0 Å². The molecule has 0 aliphatic carbocycles. The number of nitrogens with one attached hydrogen (secondary N) is 1. The summed E-state index contributed by atoms with van der Waals surface area (Å²) in [4.78, 5) is 26.6. The minimum Gasteiger partial charge on any atom is -0.338 e. The first-order valence-corrected chi connectivity index (χ1v) is 9.46. The van der Waals surface area contributed by atoms with E-state index in [4.69, 9.17) is 0 Å². The summed E-state index contributed by atoms with van der Waals surface area (Å²) in [6, 6.07) is 15.6. The van der Waals surface area contributed by atoms with Crippen LogP contribution in [0.1, 0.15) is 17.5 Å². The van der Waals surface area contributed by atoms with Crippen LogP contribution in [0.2, 0.25) is 0 Å². The summed E-state index contributed by atoms with van der Waals surface area (Å²) in [6.45, 7) is 1.24. The molecule has 2 aromatic carbocycles. The van der Waals surface area contributed by atoms with Gasteiger partial charge in [0, 0.05) is 37.6 Å². The van der Waals surface area contributed by atoms with Crippen molar-refractivity contribution in [1.82, 2.24) is 14.7 Å². The first kappa shape index (κ1) is 18.9. The molecule has 0 saturated carbocycles. The molecule has 7 heteroatoms. The molecule has 1 saturated heterocycles. The number of nitrogens with zero attached hydrogens (tertiary/aromatic N) is 3. The summed E-state index contributed by atoms with van der Waals surface area (Å²) in [5.74, 6) is -1.04. The van der Waals surface area contributed by atoms with Crippen LogP contribution in [0, 0.1) is 11.7 Å². The van der Waals surface area contributed by atoms with Crippen molar-refractivity contribution < 1.29 is 14.0 Å². The molecule has 2 amide bonds. The molecule has 0 radical (unpaired) electrons. The minimum absolute atomic E-state index is 0.0955. The Bertz CT molecular complexity index is 1020. The summed E-state index contributed by atoms with van der Waals surface area (Å²) >= 11 is 0. The molecule has 0 unspecified atom stereocenters. The largest absolute Gasteiger partial charge is 0.338 e. The highest BCUT2D eigenvalue weighted by Crippen LogP contribution is 2.22. The van der Waals surface area contributed by atoms with Gasteiger partial charge in [0.1, 0.15) is 5.82 Å². The average Bonchev–Trinajstić information content (AvgIpc) is 3.32. The van der Waals surface area contributed by atoms with Gasteiger partial charge in [0.05, 0.1) is 12.5 Å². The van der Waals surface area contributed by atoms with Gasteiger partial charge in [-0.2, -0.15) is 5.10 Å². The van der Waals surface area contributed by atoms with E-state index < -0.39 is 5.92 Å². The van der Waals surface area contributed by atoms with Crippen molar-refractivity contribution in [3.8, 4) is 0 Å². The lowest BCUT2D eigenvalue weighted by Crippen LogP contribution is -2.28. The molecule has 1 atom stereocenters. The Hall–Kier alpha value is -3.48. The maximum atomic E-state index is 13.4. The van der Waals surface area contributed by atoms with E-state index in [2.05, 4.69) is 10.4 Å². The number of amides is 2. The summed E-state index contributed by atoms with van der Waals surface area (Å²) in [6.07, 6.45) is 3.76. The van der Waals surface area contributed by atoms with Crippen LogP contribution in [0.15, 0.2) is 67.0 Å². The van der Waals surface area contributed by atoms with Gasteiger partial charge in [0.25, 0.3) is 0 Å². The first-order chi connectivity index (χ1) is 14.1. The Morgan fingerprint density at radius 3 is 2.66 bits per heavy atom. The number of hydrogen-bond donors (Lipinski definition) is 1. The molecule has 1 fully saturated rings. The van der Waals surface area contributed by atoms with E-state index in [1.165, 1.54) is 12.1 Å². The second-order valence-corrected chi connectivity index (χ2v) is 7.20. The number of benzene rings is 2. The molecule has 1 aliphatic heterocycles. The third kappa shape index (κ3) is 4.68. The molecule has 1 N–H and O–H groups in total. The quantitative estimate of drug-likeness (QED) is 0.701. The number of hydrogen-bond acceptors (Lipinski definition) is 3. The van der Waals surface area contributed by atoms with E-state index in [1.54, 1.807) is 27.9 Å². The van der Waals surface area contributed by atoms with Crippen molar-refractivity contribution in [3.05, 3.63) is 83.9 Å². The lowest BCUT2D eigenvalue weighted by molar-refractivity contribution is -0.128. The third-order valence-electron chi connectivity index (χ3n) is 4.95. The van der Waals surface area contributed by atoms with Crippen molar-refractivity contribution in [2.45, 2.75) is 19.5 Å². The highest BCUT2D eigenvalue weighted by Gasteiger charge is 2.34. The van der Waals surface area contributed by atoms with Crippen LogP contribution in [0.3, 0.4) is 0 Å². The summed E-state index contributed by atoms with van der Waals surface area (Å²) in [5.41, 5.74) is 2.42. The maximum Gasteiger partial charge on any atom is 0.229 e. The molecule has 0 spiro atoms. The van der Waals surface area contributed by atoms with Crippen molar-refractivity contribution in [3.63, 3.8) is 0 Å². The second-order valence-electron chi connectivity index (χ2n) is 7.20. The SMILES string of the molecule is O=C(Nc1cccc(Cn2cccn2)c1)[C@@H]1CC(=O)N(Cc2cccc(F)c2)C1. The standard InChI is InChI=1S/C22H21FN4O2/c23-19-6-1-4-16(10-19)13-26-15-18(12-21(26)28)22(29)25-20-7-2-5-17(11-20)14-27-9-3-8-24-27/h1-11,18H,12-15H2,(H,25,29)/t18-/m1/s1. The smallest absolute Gasteiger partial charge is 0.229 e. The fourth-order valence-corrected chi connectivity index (χ4v) is 3.53. The fourth-order valence-electron chi connectivity index (χ4n) is 3.53. The van der Waals surface area contributed by atoms with Gasteiger partial charge >= 0.3 is 0 Å². The zero-order valence-electron chi connectivity index (χ0n) is 15.8. The van der Waals surface area contributed by atoms with Gasteiger partial charge < -0.3 is 10.2 Å². The van der Waals surface area contributed by atoms with Crippen molar-refractivity contribution >= 4 is 17.5 Å². The summed E-state index contributed by atoms with van der Waals surface area (Å²) in [5, 5.41) is 7.09. The van der Waals surface area contributed by atoms with Gasteiger partial charge in [-0.1, -0.05) is 24.3 Å². The molecular formula is C22H21FN4O2. The molecule has 6 nitrogen and oxygen atoms in total. The van der Waals surface area contributed by atoms with E-state index in [-0.39, 0.29) is 24.1 Å². The van der Waals surface area contributed by atoms with Crippen molar-refractivity contribution in [1.29, 1.82) is 0 Å². The molecule has 148 valence electrons. The molecule has 2 heterocycles. The van der Waals surface area contributed by atoms with Gasteiger partial charge in [-0.25, -0.2) is 4.39 Å². The predicted molar refractivity (Wildman–Crippen MR) is 106 cm³/mol. The summed E-state index contributed by atoms with van der Waals surface area (Å²) < 4.78 is 15.2. The van der Waals surface area contributed by atoms with Gasteiger partial charge in [-0.3, -0.25) is 14.3 Å². The second kappa shape index (κ2) is 8.26. The Morgan fingerprint density at radius 1 is 1.10 bits per heavy atom. The topological polar surface area (TPSA) is 67.2 Å².